The molecule has 0 aliphatic heterocycles. The lowest BCUT2D eigenvalue weighted by Crippen LogP contribution is -2.01. The van der Waals surface area contributed by atoms with Gasteiger partial charge in [-0.05, 0) is 35.7 Å². The van der Waals surface area contributed by atoms with Gasteiger partial charge >= 0.3 is 0 Å². The first-order valence-corrected chi connectivity index (χ1v) is 16.9. The molecule has 0 bridgehead atoms. The molecule has 0 unspecified atom stereocenters. The topological polar surface area (TPSA) is 43.6 Å². The Kier molecular flexibility index (Phi) is 6.01. The third kappa shape index (κ3) is 4.18. The molecule has 0 atom stereocenters. The van der Waals surface area contributed by atoms with Crippen molar-refractivity contribution in [3.8, 4) is 39.9 Å². The molecular weight excluding hydrogens is 605 g/mol. The number of hydrogen-bond donors (Lipinski definition) is 0. The largest absolute Gasteiger partial charge is 0.309 e. The summed E-state index contributed by atoms with van der Waals surface area (Å²) in [6.45, 7) is 0. The van der Waals surface area contributed by atoms with Crippen LogP contribution in [0.5, 0.6) is 0 Å². The minimum Gasteiger partial charge on any atom is -0.309 e. The van der Waals surface area contributed by atoms with Gasteiger partial charge in [-0.1, -0.05) is 127 Å². The lowest BCUT2D eigenvalue weighted by molar-refractivity contribution is 1.07. The van der Waals surface area contributed by atoms with Gasteiger partial charge in [0.15, 0.2) is 17.5 Å². The molecule has 4 nitrogen and oxygen atoms in total. The van der Waals surface area contributed by atoms with E-state index in [9.17, 15) is 0 Å². The number of hydrogen-bond acceptors (Lipinski definition) is 4. The molecule has 10 aromatic rings. The second-order valence-electron chi connectivity index (χ2n) is 12.0. The second-order valence-corrected chi connectivity index (χ2v) is 13.1. The Morgan fingerprint density at radius 2 is 1.10 bits per heavy atom. The number of nitrogens with zero attached hydrogens (tertiary/aromatic N) is 4. The second kappa shape index (κ2) is 10.7. The van der Waals surface area contributed by atoms with Crippen molar-refractivity contribution in [3.05, 3.63) is 158 Å². The first kappa shape index (κ1) is 27.0. The van der Waals surface area contributed by atoms with Crippen molar-refractivity contribution in [2.24, 2.45) is 0 Å². The highest BCUT2D eigenvalue weighted by atomic mass is 32.1. The number of para-hydroxylation sites is 1. The summed E-state index contributed by atoms with van der Waals surface area (Å²) in [6, 6.07) is 55.5. The fourth-order valence-corrected chi connectivity index (χ4v) is 8.26. The zero-order valence-electron chi connectivity index (χ0n) is 25.7. The van der Waals surface area contributed by atoms with Crippen molar-refractivity contribution in [2.45, 2.75) is 0 Å². The van der Waals surface area contributed by atoms with E-state index in [4.69, 9.17) is 15.0 Å². The lowest BCUT2D eigenvalue weighted by Gasteiger charge is -2.12. The van der Waals surface area contributed by atoms with Gasteiger partial charge < -0.3 is 4.57 Å². The van der Waals surface area contributed by atoms with E-state index in [1.165, 1.54) is 52.8 Å². The Hall–Kier alpha value is -6.17. The minimum atomic E-state index is 0.643. The summed E-state index contributed by atoms with van der Waals surface area (Å²) in [5.74, 6) is 1.97. The molecule has 7 aromatic carbocycles. The standard InChI is InChI=1S/C43H26N4S/c1-2-13-28(14-3-1)41-44-42(46-43(45-41)36-21-11-20-35-33-19-7-9-23-38(33)48-40(35)36)29-15-10-16-30(26-29)47-37-22-8-6-18-32(37)34-25-24-27-12-4-5-17-31(27)39(34)47/h1-26H. The Labute approximate surface area is 280 Å². The van der Waals surface area contributed by atoms with Crippen LogP contribution >= 0.6 is 11.3 Å². The van der Waals surface area contributed by atoms with Gasteiger partial charge in [0.25, 0.3) is 0 Å². The van der Waals surface area contributed by atoms with Crippen molar-refractivity contribution >= 4 is 64.1 Å². The van der Waals surface area contributed by atoms with Crippen LogP contribution in [0.1, 0.15) is 0 Å². The van der Waals surface area contributed by atoms with Crippen LogP contribution in [-0.2, 0) is 0 Å². The van der Waals surface area contributed by atoms with Crippen LogP contribution in [0.2, 0.25) is 0 Å². The van der Waals surface area contributed by atoms with Gasteiger partial charge in [0.2, 0.25) is 0 Å². The van der Waals surface area contributed by atoms with Gasteiger partial charge in [-0.15, -0.1) is 11.3 Å². The van der Waals surface area contributed by atoms with Crippen molar-refractivity contribution in [1.82, 2.24) is 19.5 Å². The van der Waals surface area contributed by atoms with Crippen LogP contribution in [0.15, 0.2) is 158 Å². The highest BCUT2D eigenvalue weighted by molar-refractivity contribution is 7.26. The fourth-order valence-electron chi connectivity index (χ4n) is 7.05. The molecule has 3 aromatic heterocycles. The molecule has 5 heteroatoms. The predicted molar refractivity (Wildman–Crippen MR) is 201 cm³/mol. The van der Waals surface area contributed by atoms with Crippen molar-refractivity contribution in [1.29, 1.82) is 0 Å². The summed E-state index contributed by atoms with van der Waals surface area (Å²) in [5, 5.41) is 7.38. The van der Waals surface area contributed by atoms with E-state index >= 15 is 0 Å². The molecule has 0 amide bonds. The first-order valence-electron chi connectivity index (χ1n) is 16.0. The van der Waals surface area contributed by atoms with E-state index in [0.29, 0.717) is 17.5 Å². The van der Waals surface area contributed by atoms with Gasteiger partial charge in [-0.2, -0.15) is 0 Å². The Bertz CT molecular complexity index is 2850. The molecule has 0 aliphatic carbocycles. The van der Waals surface area contributed by atoms with E-state index in [1.54, 1.807) is 11.3 Å². The molecule has 10 rings (SSSR count). The van der Waals surface area contributed by atoms with Gasteiger partial charge in [0.05, 0.1) is 11.0 Å². The van der Waals surface area contributed by atoms with E-state index in [0.717, 1.165) is 22.4 Å². The lowest BCUT2D eigenvalue weighted by atomic mass is 10.1. The molecule has 3 heterocycles. The van der Waals surface area contributed by atoms with Crippen LogP contribution in [0.3, 0.4) is 0 Å². The van der Waals surface area contributed by atoms with Crippen LogP contribution < -0.4 is 0 Å². The Balaban J connectivity index is 1.22. The molecule has 48 heavy (non-hydrogen) atoms. The molecule has 0 spiro atoms. The van der Waals surface area contributed by atoms with Crippen LogP contribution in [-0.4, -0.2) is 19.5 Å². The smallest absolute Gasteiger partial charge is 0.165 e. The van der Waals surface area contributed by atoms with Gasteiger partial charge in [-0.3, -0.25) is 0 Å². The maximum absolute atomic E-state index is 5.19. The Morgan fingerprint density at radius 1 is 0.438 bits per heavy atom. The summed E-state index contributed by atoms with van der Waals surface area (Å²) in [7, 11) is 0. The molecule has 0 saturated heterocycles. The number of thiophene rings is 1. The minimum absolute atomic E-state index is 0.643. The average Bonchev–Trinajstić information content (AvgIpc) is 3.71. The molecule has 224 valence electrons. The monoisotopic (exact) mass is 630 g/mol. The maximum Gasteiger partial charge on any atom is 0.165 e. The summed E-state index contributed by atoms with van der Waals surface area (Å²) in [6.07, 6.45) is 0. The number of aromatic nitrogens is 4. The van der Waals surface area contributed by atoms with Crippen LogP contribution in [0, 0.1) is 0 Å². The molecular formula is C43H26N4S. The zero-order chi connectivity index (χ0) is 31.6. The van der Waals surface area contributed by atoms with E-state index in [2.05, 4.69) is 144 Å². The fraction of sp³-hybridized carbons (Fsp3) is 0. The summed E-state index contributed by atoms with van der Waals surface area (Å²) < 4.78 is 4.82. The average molecular weight is 631 g/mol. The summed E-state index contributed by atoms with van der Waals surface area (Å²) in [4.78, 5) is 15.4. The molecule has 0 saturated carbocycles. The molecule has 0 N–H and O–H groups in total. The van der Waals surface area contributed by atoms with Crippen molar-refractivity contribution < 1.29 is 0 Å². The highest BCUT2D eigenvalue weighted by Crippen LogP contribution is 2.40. The third-order valence-electron chi connectivity index (χ3n) is 9.23. The van der Waals surface area contributed by atoms with Crippen LogP contribution in [0.4, 0.5) is 0 Å². The number of rotatable bonds is 4. The predicted octanol–water partition coefficient (Wildman–Crippen LogP) is 11.5. The number of benzene rings is 7. The third-order valence-corrected chi connectivity index (χ3v) is 10.5. The SMILES string of the molecule is c1ccc(-c2nc(-c3cccc(-n4c5ccccc5c5ccc6ccccc6c54)c3)nc(-c3cccc4c3sc3ccccc34)n2)cc1. The first-order chi connectivity index (χ1) is 23.8. The number of fused-ring (bicyclic) bond motifs is 8. The zero-order valence-corrected chi connectivity index (χ0v) is 26.5. The maximum atomic E-state index is 5.19. The summed E-state index contributed by atoms with van der Waals surface area (Å²) in [5.41, 5.74) is 6.33. The highest BCUT2D eigenvalue weighted by Gasteiger charge is 2.18. The van der Waals surface area contributed by atoms with E-state index in [-0.39, 0.29) is 0 Å². The molecule has 0 aliphatic rings. The quantitative estimate of drug-likeness (QED) is 0.194. The molecule has 0 radical (unpaired) electrons. The van der Waals surface area contributed by atoms with Gasteiger partial charge in [-0.25, -0.2) is 15.0 Å². The van der Waals surface area contributed by atoms with E-state index < -0.39 is 0 Å². The van der Waals surface area contributed by atoms with E-state index in [1.807, 2.05) is 18.2 Å². The van der Waals surface area contributed by atoms with Crippen molar-refractivity contribution in [2.75, 3.05) is 0 Å². The van der Waals surface area contributed by atoms with Gasteiger partial charge in [0.1, 0.15) is 0 Å². The molecule has 0 fully saturated rings. The van der Waals surface area contributed by atoms with Gasteiger partial charge in [0, 0.05) is 58.7 Å². The summed E-state index contributed by atoms with van der Waals surface area (Å²) >= 11 is 1.79. The Morgan fingerprint density at radius 3 is 2.00 bits per heavy atom. The van der Waals surface area contributed by atoms with Crippen LogP contribution in [0.25, 0.3) is 92.6 Å². The normalized spacial score (nSPS) is 11.8. The van der Waals surface area contributed by atoms with Crippen molar-refractivity contribution in [3.63, 3.8) is 0 Å².